The van der Waals surface area contributed by atoms with Gasteiger partial charge in [-0.05, 0) is 75.7 Å². The van der Waals surface area contributed by atoms with Gasteiger partial charge in [-0.3, -0.25) is 9.59 Å². The number of aldehydes is 1. The standard InChI is InChI=1S/C20H30O3/c1-14(10-13-21)6-8-16-15(2)7-9-17-19(16,3)11-5-12-20(17,4)18(22)23/h10,13,16-17H,2,5-9,11-12H2,1,3-4H3,(H,22,23). The molecule has 0 aromatic carbocycles. The number of carbonyl (C=O) groups is 2. The molecule has 0 aromatic rings. The minimum absolute atomic E-state index is 0.0161. The number of rotatable bonds is 5. The van der Waals surface area contributed by atoms with E-state index in [1.165, 1.54) is 5.57 Å². The molecule has 0 amide bonds. The molecule has 23 heavy (non-hydrogen) atoms. The molecule has 0 heterocycles. The molecule has 0 saturated heterocycles. The maximum absolute atomic E-state index is 11.9. The van der Waals surface area contributed by atoms with Crippen molar-refractivity contribution >= 4 is 12.3 Å². The van der Waals surface area contributed by atoms with E-state index in [0.29, 0.717) is 5.92 Å². The first-order valence-corrected chi connectivity index (χ1v) is 8.77. The molecular formula is C20H30O3. The van der Waals surface area contributed by atoms with Crippen molar-refractivity contribution in [3.05, 3.63) is 23.8 Å². The summed E-state index contributed by atoms with van der Waals surface area (Å²) in [6, 6.07) is 0. The summed E-state index contributed by atoms with van der Waals surface area (Å²) in [6.45, 7) is 10.5. The van der Waals surface area contributed by atoms with Crippen LogP contribution in [0, 0.1) is 22.7 Å². The van der Waals surface area contributed by atoms with Gasteiger partial charge in [0.05, 0.1) is 5.41 Å². The van der Waals surface area contributed by atoms with Gasteiger partial charge in [0.2, 0.25) is 0 Å². The van der Waals surface area contributed by atoms with Crippen LogP contribution in [-0.2, 0) is 9.59 Å². The Bertz CT molecular complexity index is 533. The monoisotopic (exact) mass is 318 g/mol. The summed E-state index contributed by atoms with van der Waals surface area (Å²) in [5, 5.41) is 9.82. The summed E-state index contributed by atoms with van der Waals surface area (Å²) in [5.41, 5.74) is 1.77. The van der Waals surface area contributed by atoms with Gasteiger partial charge >= 0.3 is 5.97 Å². The SMILES string of the molecule is C=C1CCC2C(C)(C(=O)O)CCCC2(C)C1CCC(C)=CC=O. The molecule has 2 rings (SSSR count). The molecule has 0 bridgehead atoms. The Hall–Kier alpha value is -1.38. The molecule has 0 spiro atoms. The lowest BCUT2D eigenvalue weighted by molar-refractivity contribution is -0.164. The maximum atomic E-state index is 11.9. The molecule has 0 aliphatic heterocycles. The van der Waals surface area contributed by atoms with Gasteiger partial charge in [0.25, 0.3) is 0 Å². The summed E-state index contributed by atoms with van der Waals surface area (Å²) in [7, 11) is 0. The van der Waals surface area contributed by atoms with Gasteiger partial charge in [-0.25, -0.2) is 0 Å². The van der Waals surface area contributed by atoms with Crippen LogP contribution in [0.15, 0.2) is 23.8 Å². The van der Waals surface area contributed by atoms with Crippen LogP contribution >= 0.6 is 0 Å². The van der Waals surface area contributed by atoms with E-state index in [1.54, 1.807) is 6.08 Å². The number of carboxylic acid groups (broad SMARTS) is 1. The summed E-state index contributed by atoms with van der Waals surface area (Å²) < 4.78 is 0. The van der Waals surface area contributed by atoms with Crippen molar-refractivity contribution in [1.29, 1.82) is 0 Å². The van der Waals surface area contributed by atoms with Gasteiger partial charge < -0.3 is 5.11 Å². The van der Waals surface area contributed by atoms with Gasteiger partial charge in [0.1, 0.15) is 6.29 Å². The van der Waals surface area contributed by atoms with Crippen LogP contribution in [-0.4, -0.2) is 17.4 Å². The van der Waals surface area contributed by atoms with Crippen molar-refractivity contribution in [2.45, 2.75) is 65.7 Å². The predicted octanol–water partition coefficient (Wildman–Crippen LogP) is 4.78. The molecule has 3 heteroatoms. The van der Waals surface area contributed by atoms with Crippen molar-refractivity contribution in [3.8, 4) is 0 Å². The highest BCUT2D eigenvalue weighted by atomic mass is 16.4. The van der Waals surface area contributed by atoms with Gasteiger partial charge in [0.15, 0.2) is 0 Å². The number of carbonyl (C=O) groups excluding carboxylic acids is 1. The van der Waals surface area contributed by atoms with Crippen molar-refractivity contribution in [1.82, 2.24) is 0 Å². The Labute approximate surface area is 139 Å². The van der Waals surface area contributed by atoms with Gasteiger partial charge in [0, 0.05) is 0 Å². The molecule has 4 atom stereocenters. The number of hydrogen-bond donors (Lipinski definition) is 1. The molecule has 2 aliphatic carbocycles. The first kappa shape index (κ1) is 18.0. The fourth-order valence-corrected chi connectivity index (χ4v) is 5.31. The lowest BCUT2D eigenvalue weighted by Crippen LogP contribution is -2.53. The summed E-state index contributed by atoms with van der Waals surface area (Å²) in [5.74, 6) is -0.0703. The zero-order chi connectivity index (χ0) is 17.3. The summed E-state index contributed by atoms with van der Waals surface area (Å²) in [4.78, 5) is 22.6. The van der Waals surface area contributed by atoms with Crippen LogP contribution < -0.4 is 0 Å². The van der Waals surface area contributed by atoms with Gasteiger partial charge in [-0.1, -0.05) is 31.1 Å². The van der Waals surface area contributed by atoms with E-state index in [1.807, 2.05) is 13.8 Å². The topological polar surface area (TPSA) is 54.4 Å². The first-order valence-electron chi connectivity index (χ1n) is 8.77. The Morgan fingerprint density at radius 1 is 1.39 bits per heavy atom. The molecule has 0 aromatic heterocycles. The average Bonchev–Trinajstić information content (AvgIpc) is 2.46. The maximum Gasteiger partial charge on any atom is 0.309 e. The summed E-state index contributed by atoms with van der Waals surface area (Å²) in [6.07, 6.45) is 9.05. The second-order valence-electron chi connectivity index (χ2n) is 8.07. The number of hydrogen-bond acceptors (Lipinski definition) is 2. The minimum Gasteiger partial charge on any atom is -0.481 e. The highest BCUT2D eigenvalue weighted by Crippen LogP contribution is 2.62. The molecular weight excluding hydrogens is 288 g/mol. The lowest BCUT2D eigenvalue weighted by atomic mass is 9.46. The van der Waals surface area contributed by atoms with E-state index in [-0.39, 0.29) is 11.3 Å². The van der Waals surface area contributed by atoms with Crippen molar-refractivity contribution in [2.24, 2.45) is 22.7 Å². The molecule has 0 radical (unpaired) electrons. The van der Waals surface area contributed by atoms with E-state index >= 15 is 0 Å². The Kier molecular flexibility index (Phi) is 5.17. The third kappa shape index (κ3) is 3.15. The smallest absolute Gasteiger partial charge is 0.309 e. The zero-order valence-electron chi connectivity index (χ0n) is 14.7. The van der Waals surface area contributed by atoms with Crippen molar-refractivity contribution < 1.29 is 14.7 Å². The molecule has 4 unspecified atom stereocenters. The second kappa shape index (κ2) is 6.62. The highest BCUT2D eigenvalue weighted by Gasteiger charge is 2.57. The first-order chi connectivity index (χ1) is 10.8. The normalized spacial score (nSPS) is 38.0. The number of carboxylic acids is 1. The predicted molar refractivity (Wildman–Crippen MR) is 92.1 cm³/mol. The van der Waals surface area contributed by atoms with E-state index in [0.717, 1.165) is 56.8 Å². The Morgan fingerprint density at radius 2 is 2.09 bits per heavy atom. The quantitative estimate of drug-likeness (QED) is 0.451. The molecule has 128 valence electrons. The fourth-order valence-electron chi connectivity index (χ4n) is 5.31. The number of aliphatic carboxylic acids is 1. The van der Waals surface area contributed by atoms with Crippen LogP contribution in [0.2, 0.25) is 0 Å². The molecule has 3 nitrogen and oxygen atoms in total. The lowest BCUT2D eigenvalue weighted by Gasteiger charge is -2.57. The van der Waals surface area contributed by atoms with E-state index in [4.69, 9.17) is 0 Å². The third-order valence-electron chi connectivity index (χ3n) is 6.69. The van der Waals surface area contributed by atoms with Crippen molar-refractivity contribution in [3.63, 3.8) is 0 Å². The second-order valence-corrected chi connectivity index (χ2v) is 8.07. The molecule has 2 fully saturated rings. The summed E-state index contributed by atoms with van der Waals surface area (Å²) >= 11 is 0. The molecule has 2 saturated carbocycles. The highest BCUT2D eigenvalue weighted by molar-refractivity contribution is 5.75. The molecule has 1 N–H and O–H groups in total. The van der Waals surface area contributed by atoms with E-state index in [2.05, 4.69) is 13.5 Å². The number of fused-ring (bicyclic) bond motifs is 1. The fraction of sp³-hybridized carbons (Fsp3) is 0.700. The van der Waals surface area contributed by atoms with Crippen molar-refractivity contribution in [2.75, 3.05) is 0 Å². The van der Waals surface area contributed by atoms with Gasteiger partial charge in [-0.15, -0.1) is 0 Å². The Balaban J connectivity index is 2.27. The average molecular weight is 318 g/mol. The molecule has 2 aliphatic rings. The van der Waals surface area contributed by atoms with Crippen LogP contribution in [0.3, 0.4) is 0 Å². The van der Waals surface area contributed by atoms with Crippen LogP contribution in [0.1, 0.15) is 65.7 Å². The number of allylic oxidation sites excluding steroid dienone is 3. The van der Waals surface area contributed by atoms with Crippen LogP contribution in [0.25, 0.3) is 0 Å². The van der Waals surface area contributed by atoms with Crippen LogP contribution in [0.4, 0.5) is 0 Å². The largest absolute Gasteiger partial charge is 0.481 e. The van der Waals surface area contributed by atoms with E-state index in [9.17, 15) is 14.7 Å². The van der Waals surface area contributed by atoms with Gasteiger partial charge in [-0.2, -0.15) is 0 Å². The zero-order valence-corrected chi connectivity index (χ0v) is 14.7. The Morgan fingerprint density at radius 3 is 2.70 bits per heavy atom. The minimum atomic E-state index is -0.642. The van der Waals surface area contributed by atoms with E-state index < -0.39 is 11.4 Å². The third-order valence-corrected chi connectivity index (χ3v) is 6.69. The van der Waals surface area contributed by atoms with Crippen LogP contribution in [0.5, 0.6) is 0 Å².